The molecule has 6 nitrogen and oxygen atoms in total. The van der Waals surface area contributed by atoms with E-state index in [9.17, 15) is 4.79 Å². The molecule has 30 heavy (non-hydrogen) atoms. The topological polar surface area (TPSA) is 68.8 Å². The molecule has 7 heteroatoms. The molecule has 2 aromatic carbocycles. The molecule has 3 rings (SSSR count). The van der Waals surface area contributed by atoms with Gasteiger partial charge in [0, 0.05) is 45.3 Å². The zero-order valence-corrected chi connectivity index (χ0v) is 18.4. The van der Waals surface area contributed by atoms with Crippen molar-refractivity contribution < 1.29 is 4.79 Å². The van der Waals surface area contributed by atoms with E-state index in [1.165, 1.54) is 0 Å². The van der Waals surface area contributed by atoms with Crippen LogP contribution in [0, 0.1) is 0 Å². The molecule has 1 heterocycles. The van der Waals surface area contributed by atoms with Crippen LogP contribution in [0.2, 0.25) is 5.02 Å². The van der Waals surface area contributed by atoms with Gasteiger partial charge in [0.15, 0.2) is 5.96 Å². The Bertz CT molecular complexity index is 885. The number of hydrogen-bond donors (Lipinski definition) is 3. The predicted molar refractivity (Wildman–Crippen MR) is 125 cm³/mol. The quantitative estimate of drug-likeness (QED) is 0.489. The molecule has 1 fully saturated rings. The van der Waals surface area contributed by atoms with Gasteiger partial charge in [-0.15, -0.1) is 0 Å². The zero-order chi connectivity index (χ0) is 21.3. The minimum Gasteiger partial charge on any atom is -0.368 e. The van der Waals surface area contributed by atoms with Crippen LogP contribution < -0.4 is 20.9 Å². The van der Waals surface area contributed by atoms with E-state index in [-0.39, 0.29) is 5.91 Å². The Morgan fingerprint density at radius 1 is 1.23 bits per heavy atom. The molecule has 3 N–H and O–H groups in total. The summed E-state index contributed by atoms with van der Waals surface area (Å²) in [6.45, 7) is 2.63. The number of hydrogen-bond acceptors (Lipinski definition) is 3. The average Bonchev–Trinajstić information content (AvgIpc) is 2.78. The third-order valence-corrected chi connectivity index (χ3v) is 5.62. The maximum absolute atomic E-state index is 11.8. The number of nitrogens with zero attached hydrogens (tertiary/aromatic N) is 2. The number of para-hydroxylation sites is 1. The molecule has 0 spiro atoms. The normalized spacial score (nSPS) is 16.8. The molecule has 0 saturated carbocycles. The lowest BCUT2D eigenvalue weighted by atomic mass is 10.0. The van der Waals surface area contributed by atoms with Crippen LogP contribution in [0.1, 0.15) is 28.8 Å². The Kier molecular flexibility index (Phi) is 7.97. The fourth-order valence-corrected chi connectivity index (χ4v) is 4.00. The van der Waals surface area contributed by atoms with Crippen LogP contribution in [0.4, 0.5) is 5.69 Å². The summed E-state index contributed by atoms with van der Waals surface area (Å²) in [5, 5.41) is 10.4. The predicted octanol–water partition coefficient (Wildman–Crippen LogP) is 3.08. The first-order valence-electron chi connectivity index (χ1n) is 10.4. The fraction of sp³-hybridized carbons (Fsp3) is 0.391. The summed E-state index contributed by atoms with van der Waals surface area (Å²) in [7, 11) is 3.43. The van der Waals surface area contributed by atoms with Gasteiger partial charge >= 0.3 is 0 Å². The van der Waals surface area contributed by atoms with Crippen molar-refractivity contribution in [1.29, 1.82) is 0 Å². The van der Waals surface area contributed by atoms with Gasteiger partial charge in [-0.05, 0) is 49.1 Å². The summed E-state index contributed by atoms with van der Waals surface area (Å²) in [6, 6.07) is 16.0. The number of halogens is 1. The summed E-state index contributed by atoms with van der Waals surface area (Å²) in [5.41, 5.74) is 2.88. The number of anilines is 1. The second-order valence-corrected chi connectivity index (χ2v) is 7.82. The molecule has 1 aliphatic heterocycles. The Balaban J connectivity index is 1.51. The van der Waals surface area contributed by atoms with E-state index in [1.54, 1.807) is 14.1 Å². The molecule has 0 radical (unpaired) electrons. The van der Waals surface area contributed by atoms with Crippen LogP contribution >= 0.6 is 11.6 Å². The van der Waals surface area contributed by atoms with E-state index in [1.807, 2.05) is 42.5 Å². The molecule has 2 aromatic rings. The summed E-state index contributed by atoms with van der Waals surface area (Å²) in [4.78, 5) is 18.5. The second kappa shape index (κ2) is 10.9. The minimum absolute atomic E-state index is 0.0670. The Labute approximate surface area is 183 Å². The SMILES string of the molecule is CN=C(NCCc1cccc(C(=O)NC)c1)NC1CCCN(c2ccccc2Cl)C1. The average molecular weight is 428 g/mol. The molecular formula is C23H30ClN5O. The number of benzene rings is 2. The summed E-state index contributed by atoms with van der Waals surface area (Å²) < 4.78 is 0. The number of rotatable bonds is 6. The monoisotopic (exact) mass is 427 g/mol. The van der Waals surface area contributed by atoms with Crippen molar-refractivity contribution in [3.63, 3.8) is 0 Å². The first-order valence-corrected chi connectivity index (χ1v) is 10.8. The number of guanidine groups is 1. The van der Waals surface area contributed by atoms with Crippen molar-refractivity contribution >= 4 is 29.2 Å². The highest BCUT2D eigenvalue weighted by atomic mass is 35.5. The molecule has 0 bridgehead atoms. The third-order valence-electron chi connectivity index (χ3n) is 5.30. The van der Waals surface area contributed by atoms with Gasteiger partial charge in [-0.2, -0.15) is 0 Å². The van der Waals surface area contributed by atoms with Gasteiger partial charge < -0.3 is 20.9 Å². The number of nitrogens with one attached hydrogen (secondary N) is 3. The van der Waals surface area contributed by atoms with E-state index in [2.05, 4.69) is 31.9 Å². The molecule has 1 saturated heterocycles. The lowest BCUT2D eigenvalue weighted by molar-refractivity contribution is 0.0963. The van der Waals surface area contributed by atoms with Gasteiger partial charge in [0.05, 0.1) is 10.7 Å². The molecule has 0 aromatic heterocycles. The third kappa shape index (κ3) is 5.89. The van der Waals surface area contributed by atoms with Crippen LogP contribution in [0.25, 0.3) is 0 Å². The summed E-state index contributed by atoms with van der Waals surface area (Å²) in [6.07, 6.45) is 3.00. The van der Waals surface area contributed by atoms with Crippen molar-refractivity contribution in [1.82, 2.24) is 16.0 Å². The summed E-state index contributed by atoms with van der Waals surface area (Å²) in [5.74, 6) is 0.728. The number of aliphatic imine (C=N–C) groups is 1. The molecule has 1 aliphatic rings. The van der Waals surface area contributed by atoms with Crippen LogP contribution in [-0.2, 0) is 6.42 Å². The highest BCUT2D eigenvalue weighted by Gasteiger charge is 2.22. The van der Waals surface area contributed by atoms with Gasteiger partial charge in [-0.3, -0.25) is 9.79 Å². The van der Waals surface area contributed by atoms with E-state index >= 15 is 0 Å². The maximum Gasteiger partial charge on any atom is 0.251 e. The molecule has 1 amide bonds. The van der Waals surface area contributed by atoms with Crippen LogP contribution in [0.3, 0.4) is 0 Å². The second-order valence-electron chi connectivity index (χ2n) is 7.41. The van der Waals surface area contributed by atoms with E-state index in [0.29, 0.717) is 11.6 Å². The van der Waals surface area contributed by atoms with Gasteiger partial charge in [0.25, 0.3) is 5.91 Å². The fourth-order valence-electron chi connectivity index (χ4n) is 3.75. The first-order chi connectivity index (χ1) is 14.6. The van der Waals surface area contributed by atoms with Crippen molar-refractivity contribution in [2.45, 2.75) is 25.3 Å². The molecule has 160 valence electrons. The van der Waals surface area contributed by atoms with E-state index in [0.717, 1.165) is 61.1 Å². The van der Waals surface area contributed by atoms with Crippen molar-refractivity contribution in [3.8, 4) is 0 Å². The molecule has 1 unspecified atom stereocenters. The van der Waals surface area contributed by atoms with Crippen LogP contribution in [-0.4, -0.2) is 51.6 Å². The van der Waals surface area contributed by atoms with Gasteiger partial charge in [-0.25, -0.2) is 0 Å². The van der Waals surface area contributed by atoms with Crippen molar-refractivity contribution in [2.24, 2.45) is 4.99 Å². The molecule has 0 aliphatic carbocycles. The number of carbonyl (C=O) groups is 1. The Hall–Kier alpha value is -2.73. The van der Waals surface area contributed by atoms with Crippen molar-refractivity contribution in [3.05, 3.63) is 64.7 Å². The van der Waals surface area contributed by atoms with Gasteiger partial charge in [0.2, 0.25) is 0 Å². The van der Waals surface area contributed by atoms with E-state index in [4.69, 9.17) is 11.6 Å². The number of piperidine rings is 1. The summed E-state index contributed by atoms with van der Waals surface area (Å²) >= 11 is 6.38. The largest absolute Gasteiger partial charge is 0.368 e. The minimum atomic E-state index is -0.0670. The molecule has 1 atom stereocenters. The first kappa shape index (κ1) is 22.0. The van der Waals surface area contributed by atoms with Crippen LogP contribution in [0.15, 0.2) is 53.5 Å². The molecular weight excluding hydrogens is 398 g/mol. The standard InChI is InChI=1S/C23H30ClN5O/c1-25-22(30)18-8-5-7-17(15-18)12-13-27-23(26-2)28-19-9-6-14-29(16-19)21-11-4-3-10-20(21)24/h3-5,7-8,10-11,15,19H,6,9,12-14,16H2,1-2H3,(H,25,30)(H2,26,27,28). The Morgan fingerprint density at radius 3 is 2.83 bits per heavy atom. The van der Waals surface area contributed by atoms with Crippen molar-refractivity contribution in [2.75, 3.05) is 38.6 Å². The lowest BCUT2D eigenvalue weighted by Gasteiger charge is -2.35. The van der Waals surface area contributed by atoms with Crippen LogP contribution in [0.5, 0.6) is 0 Å². The number of carbonyl (C=O) groups excluding carboxylic acids is 1. The smallest absolute Gasteiger partial charge is 0.251 e. The number of amides is 1. The van der Waals surface area contributed by atoms with Gasteiger partial charge in [0.1, 0.15) is 0 Å². The van der Waals surface area contributed by atoms with Gasteiger partial charge in [-0.1, -0.05) is 35.9 Å². The lowest BCUT2D eigenvalue weighted by Crippen LogP contribution is -2.51. The van der Waals surface area contributed by atoms with E-state index < -0.39 is 0 Å². The highest BCUT2D eigenvalue weighted by molar-refractivity contribution is 6.33. The highest BCUT2D eigenvalue weighted by Crippen LogP contribution is 2.27. The Morgan fingerprint density at radius 2 is 2.07 bits per heavy atom. The maximum atomic E-state index is 11.8. The zero-order valence-electron chi connectivity index (χ0n) is 17.6.